The van der Waals surface area contributed by atoms with E-state index in [1.165, 1.54) is 17.3 Å². The maximum absolute atomic E-state index is 12.6. The Balaban J connectivity index is 0.00000392. The molecule has 2 N–H and O–H groups in total. The zero-order valence-corrected chi connectivity index (χ0v) is 19.6. The average molecular weight is 459 g/mol. The van der Waals surface area contributed by atoms with Crippen LogP contribution in [0.5, 0.6) is 5.75 Å². The lowest BCUT2D eigenvalue weighted by atomic mass is 10.1. The van der Waals surface area contributed by atoms with Gasteiger partial charge in [0.05, 0.1) is 12.2 Å². The van der Waals surface area contributed by atoms with Gasteiger partial charge >= 0.3 is 0 Å². The summed E-state index contributed by atoms with van der Waals surface area (Å²) in [5.41, 5.74) is 8.31. The van der Waals surface area contributed by atoms with Gasteiger partial charge in [0, 0.05) is 23.9 Å². The molecule has 0 aliphatic rings. The maximum atomic E-state index is 12.6. The van der Waals surface area contributed by atoms with Crippen molar-refractivity contribution in [3.05, 3.63) is 59.7 Å². The van der Waals surface area contributed by atoms with E-state index in [0.29, 0.717) is 23.6 Å². The van der Waals surface area contributed by atoms with Crippen LogP contribution in [0.25, 0.3) is 0 Å². The number of halogens is 2. The van der Waals surface area contributed by atoms with E-state index in [-0.39, 0.29) is 29.9 Å². The van der Waals surface area contributed by atoms with Crippen LogP contribution < -0.4 is 10.5 Å². The first kappa shape index (κ1) is 27.6. The third kappa shape index (κ3) is 9.77. The minimum absolute atomic E-state index is 0. The first-order chi connectivity index (χ1) is 13.1. The molecule has 0 unspecified atom stereocenters. The van der Waals surface area contributed by atoms with E-state index in [4.69, 9.17) is 10.5 Å². The number of nitrogens with two attached hydrogens (primary N) is 1. The fourth-order valence-corrected chi connectivity index (χ4v) is 3.60. The van der Waals surface area contributed by atoms with Gasteiger partial charge in [0.1, 0.15) is 5.75 Å². The number of nitrogens with zero attached hydrogens (tertiary/aromatic N) is 1. The molecule has 0 aliphatic heterocycles. The van der Waals surface area contributed by atoms with Crippen LogP contribution in [-0.4, -0.2) is 42.0 Å². The Kier molecular flexibility index (Phi) is 14.7. The zero-order chi connectivity index (χ0) is 19.5. The predicted molar refractivity (Wildman–Crippen MR) is 130 cm³/mol. The van der Waals surface area contributed by atoms with E-state index >= 15 is 0 Å². The van der Waals surface area contributed by atoms with E-state index in [0.717, 1.165) is 38.2 Å². The SMILES string of the molecule is CCN(CC)CCCSC(=O)c1ccc(N)cc1OCCc1ccccc1.Cl.Cl. The van der Waals surface area contributed by atoms with Crippen molar-refractivity contribution in [3.8, 4) is 5.75 Å². The molecule has 0 heterocycles. The van der Waals surface area contributed by atoms with Gasteiger partial charge in [-0.15, -0.1) is 24.8 Å². The summed E-state index contributed by atoms with van der Waals surface area (Å²) in [6, 6.07) is 15.4. The van der Waals surface area contributed by atoms with Gasteiger partial charge in [-0.25, -0.2) is 0 Å². The van der Waals surface area contributed by atoms with Crippen LogP contribution in [0.4, 0.5) is 5.69 Å². The van der Waals surface area contributed by atoms with E-state index in [9.17, 15) is 4.79 Å². The molecule has 0 aliphatic carbocycles. The quantitative estimate of drug-likeness (QED) is 0.363. The first-order valence-electron chi connectivity index (χ1n) is 9.59. The van der Waals surface area contributed by atoms with E-state index in [2.05, 4.69) is 30.9 Å². The molecule has 0 saturated heterocycles. The highest BCUT2D eigenvalue weighted by Crippen LogP contribution is 2.26. The fourth-order valence-electron chi connectivity index (χ4n) is 2.82. The summed E-state index contributed by atoms with van der Waals surface area (Å²) in [6.45, 7) is 7.96. The van der Waals surface area contributed by atoms with Gasteiger partial charge in [0.15, 0.2) is 0 Å². The molecule has 29 heavy (non-hydrogen) atoms. The molecular weight excluding hydrogens is 427 g/mol. The van der Waals surface area contributed by atoms with Crippen LogP contribution in [0.2, 0.25) is 0 Å². The number of carbonyl (C=O) groups excluding carboxylic acids is 1. The lowest BCUT2D eigenvalue weighted by Gasteiger charge is -2.17. The largest absolute Gasteiger partial charge is 0.492 e. The van der Waals surface area contributed by atoms with Crippen molar-refractivity contribution in [2.45, 2.75) is 26.7 Å². The number of thioether (sulfide) groups is 1. The maximum Gasteiger partial charge on any atom is 0.223 e. The molecule has 0 spiro atoms. The van der Waals surface area contributed by atoms with Gasteiger partial charge in [0.2, 0.25) is 5.12 Å². The number of benzene rings is 2. The highest BCUT2D eigenvalue weighted by Gasteiger charge is 2.14. The molecule has 2 rings (SSSR count). The number of anilines is 1. The summed E-state index contributed by atoms with van der Waals surface area (Å²) in [6.07, 6.45) is 1.79. The molecule has 0 saturated carbocycles. The second-order valence-corrected chi connectivity index (χ2v) is 7.42. The molecule has 7 heteroatoms. The molecule has 0 radical (unpaired) electrons. The van der Waals surface area contributed by atoms with Crippen molar-refractivity contribution in [1.82, 2.24) is 4.90 Å². The Morgan fingerprint density at radius 1 is 1.07 bits per heavy atom. The minimum atomic E-state index is 0. The van der Waals surface area contributed by atoms with Crippen LogP contribution >= 0.6 is 36.6 Å². The van der Waals surface area contributed by atoms with E-state index in [1.54, 1.807) is 18.2 Å². The van der Waals surface area contributed by atoms with Gasteiger partial charge in [-0.05, 0) is 43.8 Å². The lowest BCUT2D eigenvalue weighted by Crippen LogP contribution is -2.24. The average Bonchev–Trinajstić information content (AvgIpc) is 2.69. The van der Waals surface area contributed by atoms with Gasteiger partial charge in [-0.1, -0.05) is 55.9 Å². The summed E-state index contributed by atoms with van der Waals surface area (Å²) in [7, 11) is 0. The van der Waals surface area contributed by atoms with Crippen molar-refractivity contribution < 1.29 is 9.53 Å². The third-order valence-corrected chi connectivity index (χ3v) is 5.44. The summed E-state index contributed by atoms with van der Waals surface area (Å²) in [5, 5.41) is 0.0456. The summed E-state index contributed by atoms with van der Waals surface area (Å²) in [5.74, 6) is 1.38. The zero-order valence-electron chi connectivity index (χ0n) is 17.1. The molecule has 0 amide bonds. The van der Waals surface area contributed by atoms with Crippen LogP contribution in [0.1, 0.15) is 36.2 Å². The monoisotopic (exact) mass is 458 g/mol. The molecule has 0 fully saturated rings. The molecule has 162 valence electrons. The smallest absolute Gasteiger partial charge is 0.223 e. The summed E-state index contributed by atoms with van der Waals surface area (Å²) >= 11 is 1.36. The minimum Gasteiger partial charge on any atom is -0.492 e. The summed E-state index contributed by atoms with van der Waals surface area (Å²) in [4.78, 5) is 15.0. The Morgan fingerprint density at radius 3 is 2.41 bits per heavy atom. The van der Waals surface area contributed by atoms with Crippen LogP contribution in [0.15, 0.2) is 48.5 Å². The Hall–Kier alpha value is -1.40. The Bertz CT molecular complexity index is 713. The van der Waals surface area contributed by atoms with Crippen molar-refractivity contribution in [3.63, 3.8) is 0 Å². The Labute approximate surface area is 191 Å². The number of nitrogen functional groups attached to an aromatic ring is 1. The molecule has 0 aromatic heterocycles. The van der Waals surface area contributed by atoms with Gasteiger partial charge in [0.25, 0.3) is 0 Å². The number of ether oxygens (including phenoxy) is 1. The number of hydrogen-bond donors (Lipinski definition) is 1. The van der Waals surface area contributed by atoms with Crippen LogP contribution in [0, 0.1) is 0 Å². The van der Waals surface area contributed by atoms with Crippen molar-refractivity contribution >= 4 is 47.4 Å². The number of carbonyl (C=O) groups is 1. The van der Waals surface area contributed by atoms with Gasteiger partial charge in [-0.3, -0.25) is 4.79 Å². The second-order valence-electron chi connectivity index (χ2n) is 6.36. The Morgan fingerprint density at radius 2 is 1.76 bits per heavy atom. The summed E-state index contributed by atoms with van der Waals surface area (Å²) < 4.78 is 5.90. The molecular formula is C22H32Cl2N2O2S. The molecule has 0 atom stereocenters. The highest BCUT2D eigenvalue weighted by molar-refractivity contribution is 8.14. The van der Waals surface area contributed by atoms with Crippen LogP contribution in [0.3, 0.4) is 0 Å². The van der Waals surface area contributed by atoms with Crippen molar-refractivity contribution in [2.24, 2.45) is 0 Å². The molecule has 2 aromatic rings. The molecule has 2 aromatic carbocycles. The van der Waals surface area contributed by atoms with E-state index < -0.39 is 0 Å². The van der Waals surface area contributed by atoms with E-state index in [1.807, 2.05) is 18.2 Å². The predicted octanol–water partition coefficient (Wildman–Crippen LogP) is 5.34. The van der Waals surface area contributed by atoms with Gasteiger partial charge in [-0.2, -0.15) is 0 Å². The highest BCUT2D eigenvalue weighted by atomic mass is 35.5. The van der Waals surface area contributed by atoms with Crippen molar-refractivity contribution in [1.29, 1.82) is 0 Å². The second kappa shape index (κ2) is 15.4. The third-order valence-electron chi connectivity index (χ3n) is 4.46. The lowest BCUT2D eigenvalue weighted by molar-refractivity contribution is 0.108. The number of hydrogen-bond acceptors (Lipinski definition) is 5. The number of rotatable bonds is 11. The standard InChI is InChI=1S/C22H30N2O2S.2ClH/c1-3-24(4-2)14-8-16-27-22(25)20-12-11-19(23)17-21(20)26-15-13-18-9-6-5-7-10-18;;/h5-7,9-12,17H,3-4,8,13-16,23H2,1-2H3;2*1H. The first-order valence-corrected chi connectivity index (χ1v) is 10.6. The normalized spacial score (nSPS) is 10.2. The topological polar surface area (TPSA) is 55.6 Å². The van der Waals surface area contributed by atoms with Crippen molar-refractivity contribution in [2.75, 3.05) is 37.7 Å². The van der Waals surface area contributed by atoms with Crippen LogP contribution in [-0.2, 0) is 6.42 Å². The van der Waals surface area contributed by atoms with Gasteiger partial charge < -0.3 is 15.4 Å². The molecule has 0 bridgehead atoms. The molecule has 4 nitrogen and oxygen atoms in total. The fraction of sp³-hybridized carbons (Fsp3) is 0.409.